The first-order valence-electron chi connectivity index (χ1n) is 9.15. The van der Waals surface area contributed by atoms with Crippen LogP contribution in [0.3, 0.4) is 0 Å². The molecule has 0 atom stereocenters. The van der Waals surface area contributed by atoms with E-state index in [9.17, 15) is 19.7 Å². The van der Waals surface area contributed by atoms with Gasteiger partial charge in [0.2, 0.25) is 0 Å². The second-order valence-electron chi connectivity index (χ2n) is 6.33. The number of amides is 2. The number of ether oxygens (including phenoxy) is 1. The second-order valence-corrected chi connectivity index (χ2v) is 6.33. The molecule has 162 valence electrons. The highest BCUT2D eigenvalue weighted by Crippen LogP contribution is 2.15. The number of benzene rings is 1. The van der Waals surface area contributed by atoms with Gasteiger partial charge in [0.05, 0.1) is 4.92 Å². The Labute approximate surface area is 175 Å². The molecule has 2 aromatic heterocycles. The van der Waals surface area contributed by atoms with Crippen molar-refractivity contribution in [2.24, 2.45) is 0 Å². The molecule has 2 heterocycles. The average molecular weight is 429 g/mol. The fourth-order valence-corrected chi connectivity index (χ4v) is 2.45. The molecule has 2 amide bonds. The molecule has 0 spiro atoms. The number of nitrogens with one attached hydrogen (secondary N) is 2. The maximum atomic E-state index is 12.0. The van der Waals surface area contributed by atoms with Gasteiger partial charge in [-0.2, -0.15) is 10.1 Å². The minimum atomic E-state index is -0.615. The molecule has 1 aromatic carbocycles. The summed E-state index contributed by atoms with van der Waals surface area (Å²) in [5, 5.41) is 23.3. The largest absolute Gasteiger partial charge is 0.484 e. The van der Waals surface area contributed by atoms with Gasteiger partial charge < -0.3 is 19.9 Å². The predicted molar refractivity (Wildman–Crippen MR) is 104 cm³/mol. The SMILES string of the molecule is Cc1ccccc1OCC(=O)NCCNC(=O)c1nc(Cn2cc([N+](=O)[O-])cn2)no1. The summed E-state index contributed by atoms with van der Waals surface area (Å²) in [7, 11) is 0. The van der Waals surface area contributed by atoms with E-state index in [1.807, 2.05) is 25.1 Å². The Hall–Kier alpha value is -4.29. The zero-order valence-electron chi connectivity index (χ0n) is 16.5. The number of carbonyl (C=O) groups is 2. The number of aryl methyl sites for hydroxylation is 1. The van der Waals surface area contributed by atoms with Crippen LogP contribution in [0.25, 0.3) is 0 Å². The van der Waals surface area contributed by atoms with Gasteiger partial charge in [0.15, 0.2) is 12.4 Å². The van der Waals surface area contributed by atoms with Gasteiger partial charge in [-0.1, -0.05) is 23.4 Å². The molecule has 0 bridgehead atoms. The molecular formula is C18H19N7O6. The summed E-state index contributed by atoms with van der Waals surface area (Å²) >= 11 is 0. The van der Waals surface area contributed by atoms with E-state index in [1.165, 1.54) is 10.9 Å². The summed E-state index contributed by atoms with van der Waals surface area (Å²) in [6.45, 7) is 2.06. The topological polar surface area (TPSA) is 167 Å². The minimum Gasteiger partial charge on any atom is -0.484 e. The number of nitro groups is 1. The number of nitrogens with zero attached hydrogens (tertiary/aromatic N) is 5. The Morgan fingerprint density at radius 2 is 2.03 bits per heavy atom. The number of para-hydroxylation sites is 1. The molecule has 0 fully saturated rings. The van der Waals surface area contributed by atoms with Crippen LogP contribution in [-0.2, 0) is 11.3 Å². The molecule has 0 saturated heterocycles. The van der Waals surface area contributed by atoms with E-state index < -0.39 is 10.8 Å². The summed E-state index contributed by atoms with van der Waals surface area (Å²) in [4.78, 5) is 37.9. The number of aromatic nitrogens is 4. The average Bonchev–Trinajstić information content (AvgIpc) is 3.41. The van der Waals surface area contributed by atoms with Crippen molar-refractivity contribution in [3.63, 3.8) is 0 Å². The Balaban J connectivity index is 1.37. The zero-order chi connectivity index (χ0) is 22.2. The molecule has 3 aromatic rings. The van der Waals surface area contributed by atoms with E-state index in [2.05, 4.69) is 25.9 Å². The van der Waals surface area contributed by atoms with Crippen LogP contribution in [0.4, 0.5) is 5.69 Å². The van der Waals surface area contributed by atoms with Crippen molar-refractivity contribution in [3.05, 3.63) is 64.1 Å². The van der Waals surface area contributed by atoms with Crippen LogP contribution in [0, 0.1) is 17.0 Å². The third-order valence-corrected chi connectivity index (χ3v) is 3.98. The molecule has 3 rings (SSSR count). The lowest BCUT2D eigenvalue weighted by molar-refractivity contribution is -0.385. The number of hydrogen-bond donors (Lipinski definition) is 2. The second kappa shape index (κ2) is 9.96. The molecule has 0 unspecified atom stereocenters. The summed E-state index contributed by atoms with van der Waals surface area (Å²) in [6.07, 6.45) is 2.30. The van der Waals surface area contributed by atoms with E-state index in [0.29, 0.717) is 5.75 Å². The summed E-state index contributed by atoms with van der Waals surface area (Å²) in [5.41, 5.74) is 0.750. The van der Waals surface area contributed by atoms with Gasteiger partial charge in [-0.05, 0) is 18.6 Å². The quantitative estimate of drug-likeness (QED) is 0.264. The summed E-state index contributed by atoms with van der Waals surface area (Å²) < 4.78 is 11.6. The van der Waals surface area contributed by atoms with Crippen molar-refractivity contribution < 1.29 is 23.8 Å². The molecule has 0 aliphatic carbocycles. The maximum Gasteiger partial charge on any atom is 0.316 e. The van der Waals surface area contributed by atoms with Gasteiger partial charge in [0.25, 0.3) is 5.91 Å². The molecule has 0 aliphatic heterocycles. The first kappa shape index (κ1) is 21.4. The van der Waals surface area contributed by atoms with E-state index >= 15 is 0 Å². The lowest BCUT2D eigenvalue weighted by Gasteiger charge is -2.09. The molecule has 0 radical (unpaired) electrons. The summed E-state index contributed by atoms with van der Waals surface area (Å²) in [6, 6.07) is 7.35. The lowest BCUT2D eigenvalue weighted by Crippen LogP contribution is -2.36. The van der Waals surface area contributed by atoms with Crippen LogP contribution in [0.2, 0.25) is 0 Å². The van der Waals surface area contributed by atoms with Crippen LogP contribution < -0.4 is 15.4 Å². The Morgan fingerprint density at radius 1 is 1.26 bits per heavy atom. The number of rotatable bonds is 10. The van der Waals surface area contributed by atoms with E-state index in [0.717, 1.165) is 11.8 Å². The predicted octanol–water partition coefficient (Wildman–Crippen LogP) is 0.456. The Bertz CT molecular complexity index is 1080. The number of carbonyl (C=O) groups excluding carboxylic acids is 2. The summed E-state index contributed by atoms with van der Waals surface area (Å²) in [5.74, 6) is -0.458. The highest BCUT2D eigenvalue weighted by Gasteiger charge is 2.16. The van der Waals surface area contributed by atoms with Crippen molar-refractivity contribution in [2.45, 2.75) is 13.5 Å². The van der Waals surface area contributed by atoms with Gasteiger partial charge in [-0.15, -0.1) is 0 Å². The third kappa shape index (κ3) is 6.09. The minimum absolute atomic E-state index is 0.00155. The van der Waals surface area contributed by atoms with Crippen molar-refractivity contribution in [1.29, 1.82) is 0 Å². The smallest absolute Gasteiger partial charge is 0.316 e. The molecule has 13 nitrogen and oxygen atoms in total. The standard InChI is InChI=1S/C18H19N7O6/c1-12-4-2-3-5-14(12)30-11-16(26)19-6-7-20-17(27)18-22-15(23-31-18)10-24-9-13(8-21-24)25(28)29/h2-5,8-9H,6-7,10-11H2,1H3,(H,19,26)(H,20,27). The monoisotopic (exact) mass is 429 g/mol. The van der Waals surface area contributed by atoms with Crippen LogP contribution in [0.5, 0.6) is 5.75 Å². The third-order valence-electron chi connectivity index (χ3n) is 3.98. The van der Waals surface area contributed by atoms with Crippen molar-refractivity contribution >= 4 is 17.5 Å². The van der Waals surface area contributed by atoms with E-state index in [-0.39, 0.29) is 49.6 Å². The molecule has 0 saturated carbocycles. The van der Waals surface area contributed by atoms with Crippen molar-refractivity contribution in [2.75, 3.05) is 19.7 Å². The fraction of sp³-hybridized carbons (Fsp3) is 0.278. The Kier molecular flexibility index (Phi) is 6.88. The van der Waals surface area contributed by atoms with E-state index in [1.54, 1.807) is 6.07 Å². The first-order chi connectivity index (χ1) is 14.9. The van der Waals surface area contributed by atoms with Crippen LogP contribution in [0.1, 0.15) is 22.1 Å². The molecule has 13 heteroatoms. The molecule has 31 heavy (non-hydrogen) atoms. The zero-order valence-corrected chi connectivity index (χ0v) is 16.5. The lowest BCUT2D eigenvalue weighted by atomic mass is 10.2. The molecular weight excluding hydrogens is 410 g/mol. The number of hydrogen-bond acceptors (Lipinski definition) is 9. The first-order valence-corrected chi connectivity index (χ1v) is 9.15. The van der Waals surface area contributed by atoms with Crippen LogP contribution in [-0.4, -0.2) is 56.4 Å². The maximum absolute atomic E-state index is 12.0. The van der Waals surface area contributed by atoms with Gasteiger partial charge in [-0.3, -0.25) is 24.4 Å². The van der Waals surface area contributed by atoms with Gasteiger partial charge in [0, 0.05) is 13.1 Å². The van der Waals surface area contributed by atoms with Crippen molar-refractivity contribution in [1.82, 2.24) is 30.6 Å². The van der Waals surface area contributed by atoms with Gasteiger partial charge in [-0.25, -0.2) is 0 Å². The highest BCUT2D eigenvalue weighted by atomic mass is 16.6. The van der Waals surface area contributed by atoms with Gasteiger partial charge >= 0.3 is 17.5 Å². The van der Waals surface area contributed by atoms with E-state index in [4.69, 9.17) is 9.26 Å². The highest BCUT2D eigenvalue weighted by molar-refractivity contribution is 5.89. The van der Waals surface area contributed by atoms with Crippen LogP contribution in [0.15, 0.2) is 41.2 Å². The Morgan fingerprint density at radius 3 is 2.77 bits per heavy atom. The molecule has 2 N–H and O–H groups in total. The normalized spacial score (nSPS) is 10.5. The fourth-order valence-electron chi connectivity index (χ4n) is 2.45. The van der Waals surface area contributed by atoms with Gasteiger partial charge in [0.1, 0.15) is 24.7 Å². The molecule has 0 aliphatic rings. The van der Waals surface area contributed by atoms with Crippen LogP contribution >= 0.6 is 0 Å². The van der Waals surface area contributed by atoms with Crippen molar-refractivity contribution in [3.8, 4) is 5.75 Å².